The van der Waals surface area contributed by atoms with Gasteiger partial charge in [-0.2, -0.15) is 0 Å². The first-order valence-electron chi connectivity index (χ1n) is 4.44. The maximum atomic E-state index is 5.47. The summed E-state index contributed by atoms with van der Waals surface area (Å²) >= 11 is 0. The van der Waals surface area contributed by atoms with Crippen LogP contribution in [0, 0.1) is 13.0 Å². The van der Waals surface area contributed by atoms with Crippen molar-refractivity contribution in [3.63, 3.8) is 0 Å². The fraction of sp³-hybridized carbons (Fsp3) is 0.455. The van der Waals surface area contributed by atoms with Crippen LogP contribution in [0.4, 0.5) is 0 Å². The summed E-state index contributed by atoms with van der Waals surface area (Å²) < 4.78 is 5.47. The van der Waals surface area contributed by atoms with Gasteiger partial charge < -0.3 is 4.74 Å². The molecule has 0 heterocycles. The van der Waals surface area contributed by atoms with Crippen molar-refractivity contribution < 1.29 is 4.74 Å². The minimum absolute atomic E-state index is 0.813. The van der Waals surface area contributed by atoms with Gasteiger partial charge in [-0.3, -0.25) is 0 Å². The van der Waals surface area contributed by atoms with Gasteiger partial charge in [-0.25, -0.2) is 0 Å². The molecule has 0 unspecified atom stereocenters. The molecule has 0 N–H and O–H groups in total. The topological polar surface area (TPSA) is 9.23 Å². The average molecular weight is 163 g/mol. The lowest BCUT2D eigenvalue weighted by molar-refractivity contribution is 0.309. The van der Waals surface area contributed by atoms with Crippen molar-refractivity contribution >= 4 is 0 Å². The number of ether oxygens (including phenoxy) is 1. The number of hydrogen-bond acceptors (Lipinski definition) is 1. The smallest absolute Gasteiger partial charge is 0.119 e. The molecule has 0 saturated heterocycles. The molecule has 0 amide bonds. The van der Waals surface area contributed by atoms with E-state index in [1.165, 1.54) is 6.42 Å². The Morgan fingerprint density at radius 1 is 1.42 bits per heavy atom. The first-order chi connectivity index (χ1) is 5.83. The Hall–Kier alpha value is -0.980. The van der Waals surface area contributed by atoms with Gasteiger partial charge in [-0.15, -0.1) is 0 Å². The van der Waals surface area contributed by atoms with E-state index in [9.17, 15) is 0 Å². The molecule has 0 atom stereocenters. The molecule has 0 spiro atoms. The minimum atomic E-state index is 0.813. The highest BCUT2D eigenvalue weighted by Gasteiger charge is 1.91. The SMILES string of the molecule is CCCCOc1c[c]c(C)cc1. The predicted octanol–water partition coefficient (Wildman–Crippen LogP) is 2.97. The lowest BCUT2D eigenvalue weighted by Gasteiger charge is -2.04. The van der Waals surface area contributed by atoms with Crippen LogP contribution in [-0.2, 0) is 0 Å². The Morgan fingerprint density at radius 3 is 2.83 bits per heavy atom. The third-order valence-corrected chi connectivity index (χ3v) is 1.71. The van der Waals surface area contributed by atoms with Crippen molar-refractivity contribution in [3.8, 4) is 5.75 Å². The van der Waals surface area contributed by atoms with Crippen molar-refractivity contribution in [1.82, 2.24) is 0 Å². The zero-order valence-electron chi connectivity index (χ0n) is 7.76. The molecule has 0 aromatic heterocycles. The molecule has 1 nitrogen and oxygen atoms in total. The first kappa shape index (κ1) is 9.11. The van der Waals surface area contributed by atoms with Gasteiger partial charge in [0.15, 0.2) is 0 Å². The third kappa shape index (κ3) is 2.95. The van der Waals surface area contributed by atoms with E-state index in [0.29, 0.717) is 0 Å². The molecule has 0 fully saturated rings. The Morgan fingerprint density at radius 2 is 2.25 bits per heavy atom. The van der Waals surface area contributed by atoms with Gasteiger partial charge in [0, 0.05) is 0 Å². The molecule has 1 rings (SSSR count). The van der Waals surface area contributed by atoms with E-state index in [1.807, 2.05) is 25.1 Å². The second kappa shape index (κ2) is 4.81. The van der Waals surface area contributed by atoms with Gasteiger partial charge in [0.05, 0.1) is 6.61 Å². The van der Waals surface area contributed by atoms with E-state index in [4.69, 9.17) is 4.74 Å². The summed E-state index contributed by atoms with van der Waals surface area (Å²) in [5.41, 5.74) is 1.15. The van der Waals surface area contributed by atoms with E-state index in [2.05, 4.69) is 13.0 Å². The molecule has 1 aromatic carbocycles. The highest BCUT2D eigenvalue weighted by molar-refractivity contribution is 5.25. The Bertz CT molecular complexity index is 213. The molecule has 0 bridgehead atoms. The molecule has 0 saturated carbocycles. The monoisotopic (exact) mass is 163 g/mol. The van der Waals surface area contributed by atoms with Gasteiger partial charge >= 0.3 is 0 Å². The molecule has 1 aromatic rings. The summed E-state index contributed by atoms with van der Waals surface area (Å²) in [6.45, 7) is 4.99. The van der Waals surface area contributed by atoms with Crippen LogP contribution in [0.1, 0.15) is 25.3 Å². The van der Waals surface area contributed by atoms with Crippen molar-refractivity contribution in [1.29, 1.82) is 0 Å². The zero-order valence-corrected chi connectivity index (χ0v) is 7.76. The predicted molar refractivity (Wildman–Crippen MR) is 50.4 cm³/mol. The standard InChI is InChI=1S/C11H15O/c1-3-4-9-12-11-7-5-10(2)6-8-11/h5,7-8H,3-4,9H2,1-2H3. The number of aryl methyl sites for hydroxylation is 1. The molecular weight excluding hydrogens is 148 g/mol. The maximum absolute atomic E-state index is 5.47. The van der Waals surface area contributed by atoms with E-state index in [-0.39, 0.29) is 0 Å². The number of unbranched alkanes of at least 4 members (excludes halogenated alkanes) is 1. The second-order valence-electron chi connectivity index (χ2n) is 2.91. The molecule has 65 valence electrons. The zero-order chi connectivity index (χ0) is 8.81. The fourth-order valence-electron chi connectivity index (χ4n) is 0.912. The molecule has 0 aliphatic heterocycles. The Kier molecular flexibility index (Phi) is 3.65. The maximum Gasteiger partial charge on any atom is 0.119 e. The summed E-state index contributed by atoms with van der Waals surface area (Å²) in [6.07, 6.45) is 2.30. The molecule has 12 heavy (non-hydrogen) atoms. The summed E-state index contributed by atoms with van der Waals surface area (Å²) in [4.78, 5) is 0. The molecule has 1 heteroatoms. The number of rotatable bonds is 4. The first-order valence-corrected chi connectivity index (χ1v) is 4.44. The number of benzene rings is 1. The Labute approximate surface area is 74.4 Å². The van der Waals surface area contributed by atoms with Crippen molar-refractivity contribution in [2.45, 2.75) is 26.7 Å². The van der Waals surface area contributed by atoms with E-state index < -0.39 is 0 Å². The normalized spacial score (nSPS) is 9.83. The van der Waals surface area contributed by atoms with E-state index in [0.717, 1.165) is 24.3 Å². The highest BCUT2D eigenvalue weighted by atomic mass is 16.5. The van der Waals surface area contributed by atoms with Gasteiger partial charge in [0.1, 0.15) is 5.75 Å². The summed E-state index contributed by atoms with van der Waals surface area (Å²) in [5.74, 6) is 0.925. The third-order valence-electron chi connectivity index (χ3n) is 1.71. The summed E-state index contributed by atoms with van der Waals surface area (Å²) in [5, 5.41) is 0. The van der Waals surface area contributed by atoms with Crippen LogP contribution in [0.2, 0.25) is 0 Å². The Balaban J connectivity index is 2.37. The lowest BCUT2D eigenvalue weighted by atomic mass is 10.2. The van der Waals surface area contributed by atoms with Crippen LogP contribution < -0.4 is 4.74 Å². The van der Waals surface area contributed by atoms with Crippen LogP contribution in [0.15, 0.2) is 18.2 Å². The second-order valence-corrected chi connectivity index (χ2v) is 2.91. The van der Waals surface area contributed by atoms with Gasteiger partial charge in [0.25, 0.3) is 0 Å². The molecular formula is C11H15O. The molecule has 0 aliphatic rings. The minimum Gasteiger partial charge on any atom is -0.494 e. The lowest BCUT2D eigenvalue weighted by Crippen LogP contribution is -1.95. The largest absolute Gasteiger partial charge is 0.494 e. The fourth-order valence-corrected chi connectivity index (χ4v) is 0.912. The molecule has 0 aliphatic carbocycles. The van der Waals surface area contributed by atoms with Crippen LogP contribution in [0.25, 0.3) is 0 Å². The summed E-state index contributed by atoms with van der Waals surface area (Å²) in [7, 11) is 0. The summed E-state index contributed by atoms with van der Waals surface area (Å²) in [6, 6.07) is 9.00. The van der Waals surface area contributed by atoms with Crippen LogP contribution in [-0.4, -0.2) is 6.61 Å². The van der Waals surface area contributed by atoms with Crippen molar-refractivity contribution in [2.24, 2.45) is 0 Å². The van der Waals surface area contributed by atoms with Gasteiger partial charge in [0.2, 0.25) is 0 Å². The van der Waals surface area contributed by atoms with Crippen molar-refractivity contribution in [3.05, 3.63) is 29.8 Å². The van der Waals surface area contributed by atoms with Gasteiger partial charge in [-0.1, -0.05) is 19.4 Å². The van der Waals surface area contributed by atoms with Crippen LogP contribution >= 0.6 is 0 Å². The quantitative estimate of drug-likeness (QED) is 0.620. The number of hydrogen-bond donors (Lipinski definition) is 0. The van der Waals surface area contributed by atoms with E-state index in [1.54, 1.807) is 0 Å². The van der Waals surface area contributed by atoms with E-state index >= 15 is 0 Å². The van der Waals surface area contributed by atoms with Crippen LogP contribution in [0.3, 0.4) is 0 Å². The van der Waals surface area contributed by atoms with Gasteiger partial charge in [-0.05, 0) is 37.1 Å². The van der Waals surface area contributed by atoms with Crippen molar-refractivity contribution in [2.75, 3.05) is 6.61 Å². The highest BCUT2D eigenvalue weighted by Crippen LogP contribution is 2.10. The van der Waals surface area contributed by atoms with Crippen LogP contribution in [0.5, 0.6) is 5.75 Å². The molecule has 1 radical (unpaired) electrons. The average Bonchev–Trinajstić information content (AvgIpc) is 2.09.